The molecule has 0 saturated heterocycles. The van der Waals surface area contributed by atoms with Crippen molar-refractivity contribution in [1.29, 1.82) is 0 Å². The first-order valence-corrected chi connectivity index (χ1v) is 5.64. The summed E-state index contributed by atoms with van der Waals surface area (Å²) in [5.74, 6) is -4.09. The largest absolute Gasteiger partial charge is 0.390 e. The third kappa shape index (κ3) is 3.55. The number of halogens is 4. The van der Waals surface area contributed by atoms with E-state index in [0.717, 1.165) is 11.3 Å². The molecule has 2 N–H and O–H groups in total. The van der Waals surface area contributed by atoms with Crippen LogP contribution >= 0.6 is 34.5 Å². The highest BCUT2D eigenvalue weighted by Crippen LogP contribution is 2.31. The number of rotatable bonds is 4. The van der Waals surface area contributed by atoms with Gasteiger partial charge in [-0.25, -0.2) is 8.78 Å². The lowest BCUT2D eigenvalue weighted by Crippen LogP contribution is -2.38. The number of aliphatic hydroxyl groups is 1. The Labute approximate surface area is 104 Å². The fourth-order valence-electron chi connectivity index (χ4n) is 0.856. The first kappa shape index (κ1) is 13.6. The fraction of sp³-hybridized carbons (Fsp3) is 0.375. The molecule has 3 nitrogen and oxygen atoms in total. The standard InChI is InChI=1S/C8H7Cl2F2NO2S/c9-5-1-4(6(10)16-5)7(15)13-2-8(11,12)3-14/h1,14H,2-3H2,(H,13,15). The van der Waals surface area contributed by atoms with Gasteiger partial charge in [0.25, 0.3) is 11.8 Å². The second-order valence-corrected chi connectivity index (χ2v) is 5.22. The van der Waals surface area contributed by atoms with Gasteiger partial charge in [0.05, 0.1) is 16.4 Å². The minimum atomic E-state index is -3.35. The van der Waals surface area contributed by atoms with Crippen LogP contribution in [-0.4, -0.2) is 30.1 Å². The highest BCUT2D eigenvalue weighted by Gasteiger charge is 2.28. The Bertz CT molecular complexity index is 397. The van der Waals surface area contributed by atoms with Crippen molar-refractivity contribution in [3.8, 4) is 0 Å². The molecular formula is C8H7Cl2F2NO2S. The number of alkyl halides is 2. The molecule has 0 aromatic carbocycles. The van der Waals surface area contributed by atoms with E-state index in [0.29, 0.717) is 4.34 Å². The molecule has 1 aromatic heterocycles. The summed E-state index contributed by atoms with van der Waals surface area (Å²) >= 11 is 12.2. The lowest BCUT2D eigenvalue weighted by molar-refractivity contribution is -0.0461. The Morgan fingerprint density at radius 2 is 2.19 bits per heavy atom. The van der Waals surface area contributed by atoms with Crippen LogP contribution in [0.5, 0.6) is 0 Å². The van der Waals surface area contributed by atoms with Gasteiger partial charge in [-0.1, -0.05) is 23.2 Å². The monoisotopic (exact) mass is 289 g/mol. The summed E-state index contributed by atoms with van der Waals surface area (Å²) in [6, 6.07) is 1.29. The first-order valence-electron chi connectivity index (χ1n) is 4.07. The lowest BCUT2D eigenvalue weighted by atomic mass is 10.3. The van der Waals surface area contributed by atoms with E-state index >= 15 is 0 Å². The highest BCUT2D eigenvalue weighted by atomic mass is 35.5. The molecule has 0 aliphatic rings. The SMILES string of the molecule is O=C(NCC(F)(F)CO)c1cc(Cl)sc1Cl. The van der Waals surface area contributed by atoms with Crippen LogP contribution in [0.3, 0.4) is 0 Å². The maximum Gasteiger partial charge on any atom is 0.287 e. The van der Waals surface area contributed by atoms with Gasteiger partial charge in [0.1, 0.15) is 10.9 Å². The molecule has 16 heavy (non-hydrogen) atoms. The van der Waals surface area contributed by atoms with E-state index in [2.05, 4.69) is 0 Å². The molecule has 0 fully saturated rings. The van der Waals surface area contributed by atoms with Gasteiger partial charge in [-0.2, -0.15) is 0 Å². The van der Waals surface area contributed by atoms with Gasteiger partial charge in [0.2, 0.25) is 0 Å². The minimum Gasteiger partial charge on any atom is -0.390 e. The maximum atomic E-state index is 12.6. The van der Waals surface area contributed by atoms with Crippen molar-refractivity contribution < 1.29 is 18.7 Å². The molecule has 1 amide bonds. The lowest BCUT2D eigenvalue weighted by Gasteiger charge is -2.13. The van der Waals surface area contributed by atoms with E-state index in [1.807, 2.05) is 5.32 Å². The second kappa shape index (κ2) is 5.27. The number of nitrogens with one attached hydrogen (secondary N) is 1. The van der Waals surface area contributed by atoms with Crippen molar-refractivity contribution in [1.82, 2.24) is 5.32 Å². The summed E-state index contributed by atoms with van der Waals surface area (Å²) in [5, 5.41) is 10.2. The second-order valence-electron chi connectivity index (χ2n) is 2.93. The minimum absolute atomic E-state index is 0.0467. The van der Waals surface area contributed by atoms with E-state index in [9.17, 15) is 13.6 Å². The van der Waals surface area contributed by atoms with Crippen LogP contribution in [0.25, 0.3) is 0 Å². The summed E-state index contributed by atoms with van der Waals surface area (Å²) in [6.45, 7) is -2.28. The van der Waals surface area contributed by atoms with Gasteiger partial charge < -0.3 is 10.4 Å². The topological polar surface area (TPSA) is 49.3 Å². The predicted octanol–water partition coefficient (Wildman–Crippen LogP) is 2.41. The molecule has 1 rings (SSSR count). The number of aliphatic hydroxyl groups excluding tert-OH is 1. The summed E-state index contributed by atoms with van der Waals surface area (Å²) in [4.78, 5) is 11.4. The molecule has 90 valence electrons. The zero-order valence-corrected chi connectivity index (χ0v) is 10.1. The van der Waals surface area contributed by atoms with Crippen LogP contribution in [0.15, 0.2) is 6.07 Å². The fourth-order valence-corrected chi connectivity index (χ4v) is 2.31. The van der Waals surface area contributed by atoms with Gasteiger partial charge in [0, 0.05) is 0 Å². The zero-order valence-electron chi connectivity index (χ0n) is 7.77. The van der Waals surface area contributed by atoms with Gasteiger partial charge in [0.15, 0.2) is 0 Å². The molecule has 0 saturated carbocycles. The van der Waals surface area contributed by atoms with Crippen LogP contribution in [0, 0.1) is 0 Å². The van der Waals surface area contributed by atoms with Gasteiger partial charge >= 0.3 is 0 Å². The van der Waals surface area contributed by atoms with Crippen LogP contribution in [0.4, 0.5) is 8.78 Å². The summed E-state index contributed by atoms with van der Waals surface area (Å²) in [7, 11) is 0. The maximum absolute atomic E-state index is 12.6. The smallest absolute Gasteiger partial charge is 0.287 e. The van der Waals surface area contributed by atoms with Crippen LogP contribution in [0.1, 0.15) is 10.4 Å². The van der Waals surface area contributed by atoms with Crippen molar-refractivity contribution in [3.05, 3.63) is 20.3 Å². The Hall–Kier alpha value is -0.430. The molecule has 8 heteroatoms. The van der Waals surface area contributed by atoms with Crippen molar-refractivity contribution in [2.45, 2.75) is 5.92 Å². The molecule has 0 bridgehead atoms. The zero-order chi connectivity index (χ0) is 12.3. The number of carbonyl (C=O) groups excluding carboxylic acids is 1. The third-order valence-electron chi connectivity index (χ3n) is 1.64. The van der Waals surface area contributed by atoms with Gasteiger partial charge in [-0.15, -0.1) is 11.3 Å². The normalized spacial score (nSPS) is 11.6. The molecule has 1 heterocycles. The Morgan fingerprint density at radius 1 is 1.56 bits per heavy atom. The van der Waals surface area contributed by atoms with E-state index in [-0.39, 0.29) is 9.90 Å². The molecule has 0 aliphatic heterocycles. The van der Waals surface area contributed by atoms with Crippen molar-refractivity contribution in [3.63, 3.8) is 0 Å². The predicted molar refractivity (Wildman–Crippen MR) is 58.7 cm³/mol. The summed E-state index contributed by atoms with van der Waals surface area (Å²) in [5.41, 5.74) is 0.0467. The Kier molecular flexibility index (Phi) is 4.49. The summed E-state index contributed by atoms with van der Waals surface area (Å²) in [6.07, 6.45) is 0. The van der Waals surface area contributed by atoms with Crippen LogP contribution in [0.2, 0.25) is 8.67 Å². The molecule has 0 atom stereocenters. The first-order chi connectivity index (χ1) is 7.35. The van der Waals surface area contributed by atoms with E-state index in [4.69, 9.17) is 28.3 Å². The number of hydrogen-bond donors (Lipinski definition) is 2. The van der Waals surface area contributed by atoms with Crippen LogP contribution < -0.4 is 5.32 Å². The molecule has 1 aromatic rings. The molecular weight excluding hydrogens is 283 g/mol. The molecule has 0 spiro atoms. The molecule has 0 radical (unpaired) electrons. The quantitative estimate of drug-likeness (QED) is 0.894. The highest BCUT2D eigenvalue weighted by molar-refractivity contribution is 7.20. The van der Waals surface area contributed by atoms with Crippen LogP contribution in [-0.2, 0) is 0 Å². The average Bonchev–Trinajstić information content (AvgIpc) is 2.54. The molecule has 0 aliphatic carbocycles. The number of amides is 1. The third-order valence-corrected chi connectivity index (χ3v) is 3.13. The van der Waals surface area contributed by atoms with Gasteiger partial charge in [-0.05, 0) is 6.07 Å². The Morgan fingerprint density at radius 3 is 2.62 bits per heavy atom. The Balaban J connectivity index is 2.63. The number of thiophene rings is 1. The molecule has 0 unspecified atom stereocenters. The van der Waals surface area contributed by atoms with Crippen molar-refractivity contribution in [2.75, 3.05) is 13.2 Å². The average molecular weight is 290 g/mol. The van der Waals surface area contributed by atoms with Gasteiger partial charge in [-0.3, -0.25) is 4.79 Å². The number of hydrogen-bond acceptors (Lipinski definition) is 3. The number of carbonyl (C=O) groups is 1. The van der Waals surface area contributed by atoms with E-state index < -0.39 is 25.0 Å². The van der Waals surface area contributed by atoms with Crippen molar-refractivity contribution >= 4 is 40.4 Å². The van der Waals surface area contributed by atoms with E-state index in [1.54, 1.807) is 0 Å². The van der Waals surface area contributed by atoms with E-state index in [1.165, 1.54) is 6.07 Å². The van der Waals surface area contributed by atoms with Crippen molar-refractivity contribution in [2.24, 2.45) is 0 Å². The summed E-state index contributed by atoms with van der Waals surface area (Å²) < 4.78 is 25.7.